The Labute approximate surface area is 154 Å². The fourth-order valence-corrected chi connectivity index (χ4v) is 3.85. The number of benzene rings is 2. The SMILES string of the molecule is COc1ccc(-c2cc(-c3nn[nH]n3)c(-c3ccc(OC)cc3)s2)cc1. The zero-order chi connectivity index (χ0) is 17.9. The van der Waals surface area contributed by atoms with Gasteiger partial charge in [-0.15, -0.1) is 21.5 Å². The number of tetrazole rings is 1. The highest BCUT2D eigenvalue weighted by Crippen LogP contribution is 2.42. The van der Waals surface area contributed by atoms with E-state index < -0.39 is 0 Å². The van der Waals surface area contributed by atoms with Crippen LogP contribution in [0.1, 0.15) is 0 Å². The first-order chi connectivity index (χ1) is 12.8. The summed E-state index contributed by atoms with van der Waals surface area (Å²) in [4.78, 5) is 2.21. The lowest BCUT2D eigenvalue weighted by atomic mass is 10.1. The average Bonchev–Trinajstić information content (AvgIpc) is 3.38. The molecule has 0 spiro atoms. The van der Waals surface area contributed by atoms with Gasteiger partial charge in [0.25, 0.3) is 0 Å². The van der Waals surface area contributed by atoms with Crippen LogP contribution in [0, 0.1) is 0 Å². The van der Waals surface area contributed by atoms with Crippen LogP contribution in [0.2, 0.25) is 0 Å². The minimum atomic E-state index is 0.576. The molecule has 2 aromatic heterocycles. The Morgan fingerprint density at radius 3 is 2.00 bits per heavy atom. The highest BCUT2D eigenvalue weighted by atomic mass is 32.1. The van der Waals surface area contributed by atoms with Crippen LogP contribution in [-0.4, -0.2) is 34.8 Å². The van der Waals surface area contributed by atoms with E-state index in [1.807, 2.05) is 48.5 Å². The quantitative estimate of drug-likeness (QED) is 0.572. The number of nitrogens with zero attached hydrogens (tertiary/aromatic N) is 3. The highest BCUT2D eigenvalue weighted by Gasteiger charge is 2.17. The van der Waals surface area contributed by atoms with Crippen LogP contribution in [0.15, 0.2) is 54.6 Å². The Bertz CT molecular complexity index is 993. The minimum absolute atomic E-state index is 0.576. The number of nitrogens with one attached hydrogen (secondary N) is 1. The van der Waals surface area contributed by atoms with Gasteiger partial charge in [0.2, 0.25) is 5.82 Å². The van der Waals surface area contributed by atoms with Gasteiger partial charge in [0.15, 0.2) is 0 Å². The van der Waals surface area contributed by atoms with Crippen molar-refractivity contribution in [2.45, 2.75) is 0 Å². The van der Waals surface area contributed by atoms with Gasteiger partial charge in [-0.1, -0.05) is 0 Å². The molecule has 0 radical (unpaired) electrons. The molecule has 7 heteroatoms. The second kappa shape index (κ2) is 6.97. The van der Waals surface area contributed by atoms with Crippen molar-refractivity contribution >= 4 is 11.3 Å². The van der Waals surface area contributed by atoms with E-state index >= 15 is 0 Å². The lowest BCUT2D eigenvalue weighted by Crippen LogP contribution is -1.84. The zero-order valence-corrected chi connectivity index (χ0v) is 15.1. The fourth-order valence-electron chi connectivity index (χ4n) is 2.69. The average molecular weight is 364 g/mol. The van der Waals surface area contributed by atoms with Crippen LogP contribution in [0.5, 0.6) is 11.5 Å². The second-order valence-corrected chi connectivity index (χ2v) is 6.60. The Balaban J connectivity index is 1.81. The summed E-state index contributed by atoms with van der Waals surface area (Å²) in [6, 6.07) is 18.1. The third kappa shape index (κ3) is 3.04. The molecule has 0 amide bonds. The highest BCUT2D eigenvalue weighted by molar-refractivity contribution is 7.19. The van der Waals surface area contributed by atoms with Crippen molar-refractivity contribution in [1.82, 2.24) is 20.6 Å². The molecule has 4 aromatic rings. The van der Waals surface area contributed by atoms with Gasteiger partial charge in [0.05, 0.1) is 14.2 Å². The number of aromatic amines is 1. The summed E-state index contributed by atoms with van der Waals surface area (Å²) in [6.07, 6.45) is 0. The van der Waals surface area contributed by atoms with Crippen molar-refractivity contribution in [3.05, 3.63) is 54.6 Å². The number of hydrogen-bond acceptors (Lipinski definition) is 6. The molecular formula is C19H16N4O2S. The maximum absolute atomic E-state index is 5.26. The maximum atomic E-state index is 5.26. The van der Waals surface area contributed by atoms with Crippen molar-refractivity contribution < 1.29 is 9.47 Å². The van der Waals surface area contributed by atoms with E-state index in [0.717, 1.165) is 37.9 Å². The molecule has 0 aliphatic carbocycles. The molecule has 0 atom stereocenters. The van der Waals surface area contributed by atoms with Gasteiger partial charge in [-0.05, 0) is 70.9 Å². The molecule has 0 unspecified atom stereocenters. The van der Waals surface area contributed by atoms with Crippen LogP contribution in [0.3, 0.4) is 0 Å². The third-order valence-electron chi connectivity index (χ3n) is 4.05. The number of rotatable bonds is 5. The summed E-state index contributed by atoms with van der Waals surface area (Å²) >= 11 is 1.69. The third-order valence-corrected chi connectivity index (χ3v) is 5.28. The Kier molecular flexibility index (Phi) is 4.37. The first-order valence-corrected chi connectivity index (χ1v) is 8.76. The standard InChI is InChI=1S/C19H16N4O2S/c1-24-14-7-3-12(4-8-14)17-11-16(19-20-22-23-21-19)18(26-17)13-5-9-15(25-2)10-6-13/h3-11H,1-2H3,(H,20,21,22,23). The van der Waals surface area contributed by atoms with E-state index in [1.165, 1.54) is 0 Å². The minimum Gasteiger partial charge on any atom is -0.497 e. The van der Waals surface area contributed by atoms with Gasteiger partial charge in [-0.25, -0.2) is 0 Å². The Morgan fingerprint density at radius 1 is 0.846 bits per heavy atom. The molecule has 0 aliphatic rings. The van der Waals surface area contributed by atoms with Crippen molar-refractivity contribution in [3.63, 3.8) is 0 Å². The van der Waals surface area contributed by atoms with Crippen LogP contribution < -0.4 is 9.47 Å². The Morgan fingerprint density at radius 2 is 1.46 bits per heavy atom. The van der Waals surface area contributed by atoms with Gasteiger partial charge in [0.1, 0.15) is 11.5 Å². The molecule has 0 aliphatic heterocycles. The molecule has 4 rings (SSSR count). The number of hydrogen-bond donors (Lipinski definition) is 1. The van der Waals surface area contributed by atoms with Crippen LogP contribution >= 0.6 is 11.3 Å². The van der Waals surface area contributed by atoms with E-state index in [-0.39, 0.29) is 0 Å². The first-order valence-electron chi connectivity index (χ1n) is 7.95. The summed E-state index contributed by atoms with van der Waals surface area (Å²) in [7, 11) is 3.32. The number of ether oxygens (including phenoxy) is 2. The van der Waals surface area contributed by atoms with Crippen LogP contribution in [0.25, 0.3) is 32.3 Å². The monoisotopic (exact) mass is 364 g/mol. The molecule has 26 heavy (non-hydrogen) atoms. The summed E-state index contributed by atoms with van der Waals surface area (Å²) in [6.45, 7) is 0. The lowest BCUT2D eigenvalue weighted by molar-refractivity contribution is 0.415. The predicted octanol–water partition coefficient (Wildman–Crippen LogP) is 4.28. The number of aromatic nitrogens is 4. The molecule has 0 bridgehead atoms. The maximum Gasteiger partial charge on any atom is 0.206 e. The van der Waals surface area contributed by atoms with Gasteiger partial charge < -0.3 is 9.47 Å². The second-order valence-electron chi connectivity index (χ2n) is 5.55. The first kappa shape index (κ1) is 16.3. The van der Waals surface area contributed by atoms with Crippen molar-refractivity contribution in [2.75, 3.05) is 14.2 Å². The number of H-pyrrole nitrogens is 1. The van der Waals surface area contributed by atoms with E-state index in [0.29, 0.717) is 5.82 Å². The Hall–Kier alpha value is -3.19. The van der Waals surface area contributed by atoms with E-state index in [2.05, 4.69) is 26.7 Å². The van der Waals surface area contributed by atoms with Crippen molar-refractivity contribution in [2.24, 2.45) is 0 Å². The topological polar surface area (TPSA) is 72.9 Å². The smallest absolute Gasteiger partial charge is 0.206 e. The summed E-state index contributed by atoms with van der Waals surface area (Å²) in [5.41, 5.74) is 3.13. The van der Waals surface area contributed by atoms with Gasteiger partial charge >= 0.3 is 0 Å². The number of methoxy groups -OCH3 is 2. The summed E-state index contributed by atoms with van der Waals surface area (Å²) in [5.74, 6) is 2.23. The number of thiophene rings is 1. The molecule has 1 N–H and O–H groups in total. The lowest BCUT2D eigenvalue weighted by Gasteiger charge is -2.03. The molecule has 0 saturated heterocycles. The van der Waals surface area contributed by atoms with Crippen LogP contribution in [-0.2, 0) is 0 Å². The van der Waals surface area contributed by atoms with Gasteiger partial charge in [-0.2, -0.15) is 5.21 Å². The summed E-state index contributed by atoms with van der Waals surface area (Å²) in [5, 5.41) is 14.5. The van der Waals surface area contributed by atoms with Crippen molar-refractivity contribution in [3.8, 4) is 43.8 Å². The molecule has 0 fully saturated rings. The van der Waals surface area contributed by atoms with Crippen LogP contribution in [0.4, 0.5) is 0 Å². The molecule has 130 valence electrons. The van der Waals surface area contributed by atoms with Gasteiger partial charge in [0, 0.05) is 15.3 Å². The fraction of sp³-hybridized carbons (Fsp3) is 0.105. The predicted molar refractivity (Wildman–Crippen MR) is 101 cm³/mol. The van der Waals surface area contributed by atoms with Gasteiger partial charge in [-0.3, -0.25) is 0 Å². The molecule has 2 heterocycles. The largest absolute Gasteiger partial charge is 0.497 e. The normalized spacial score (nSPS) is 10.7. The van der Waals surface area contributed by atoms with E-state index in [1.54, 1.807) is 25.6 Å². The zero-order valence-electron chi connectivity index (χ0n) is 14.3. The molecule has 0 saturated carbocycles. The molecule has 2 aromatic carbocycles. The molecular weight excluding hydrogens is 348 g/mol. The van der Waals surface area contributed by atoms with Crippen molar-refractivity contribution in [1.29, 1.82) is 0 Å². The summed E-state index contributed by atoms with van der Waals surface area (Å²) < 4.78 is 10.5. The molecule has 6 nitrogen and oxygen atoms in total. The van der Waals surface area contributed by atoms with E-state index in [4.69, 9.17) is 9.47 Å². The van der Waals surface area contributed by atoms with E-state index in [9.17, 15) is 0 Å².